The Hall–Kier alpha value is -3.17. The van der Waals surface area contributed by atoms with Crippen molar-refractivity contribution in [3.63, 3.8) is 0 Å². The molecule has 0 bridgehead atoms. The molecule has 0 aliphatic rings. The summed E-state index contributed by atoms with van der Waals surface area (Å²) in [4.78, 5) is 5.05. The monoisotopic (exact) mass is 406 g/mol. The van der Waals surface area contributed by atoms with E-state index in [1.165, 1.54) is 37.0 Å². The van der Waals surface area contributed by atoms with Crippen molar-refractivity contribution in [1.82, 2.24) is 9.38 Å². The molecule has 3 aromatic carbocycles. The number of pyridine rings is 1. The highest BCUT2D eigenvalue weighted by Crippen LogP contribution is 2.40. The highest BCUT2D eigenvalue weighted by Gasteiger charge is 2.18. The van der Waals surface area contributed by atoms with Crippen LogP contribution in [0.15, 0.2) is 78.9 Å². The van der Waals surface area contributed by atoms with E-state index in [0.29, 0.717) is 0 Å². The molecule has 0 saturated carbocycles. The van der Waals surface area contributed by atoms with Crippen LogP contribution >= 0.6 is 11.3 Å². The standard InChI is InChI=1S/C27H22N2S/c1-27(2,3)18-14-12-17(13-15-18)23-16-20-19-8-4-7-11-24(19)30-25(20)26-28-21-9-5-6-10-22(21)29(23)26/h4-16H,1-3H3. The first-order valence-corrected chi connectivity index (χ1v) is 11.1. The Bertz CT molecular complexity index is 1560. The molecule has 3 heteroatoms. The van der Waals surface area contributed by atoms with E-state index in [9.17, 15) is 0 Å². The lowest BCUT2D eigenvalue weighted by molar-refractivity contribution is 0.590. The zero-order valence-corrected chi connectivity index (χ0v) is 18.1. The van der Waals surface area contributed by atoms with E-state index in [2.05, 4.69) is 104 Å². The summed E-state index contributed by atoms with van der Waals surface area (Å²) in [5.74, 6) is 0. The summed E-state index contributed by atoms with van der Waals surface area (Å²) in [5.41, 5.74) is 7.13. The van der Waals surface area contributed by atoms with Crippen LogP contribution in [0, 0.1) is 0 Å². The normalized spacial score (nSPS) is 12.5. The van der Waals surface area contributed by atoms with Crippen LogP contribution in [0.2, 0.25) is 0 Å². The number of nitrogens with zero attached hydrogens (tertiary/aromatic N) is 2. The van der Waals surface area contributed by atoms with Crippen molar-refractivity contribution >= 4 is 48.2 Å². The molecule has 0 aliphatic heterocycles. The van der Waals surface area contributed by atoms with Crippen LogP contribution < -0.4 is 0 Å². The fraction of sp³-hybridized carbons (Fsp3) is 0.148. The van der Waals surface area contributed by atoms with Crippen LogP contribution in [0.4, 0.5) is 0 Å². The molecule has 0 unspecified atom stereocenters. The predicted molar refractivity (Wildman–Crippen MR) is 130 cm³/mol. The van der Waals surface area contributed by atoms with Gasteiger partial charge >= 0.3 is 0 Å². The SMILES string of the molecule is CC(C)(C)c1ccc(-c2cc3c4ccccc4sc3c3nc4ccccc4n23)cc1. The molecule has 30 heavy (non-hydrogen) atoms. The first-order chi connectivity index (χ1) is 14.5. The molecular formula is C27H22N2S. The Labute approximate surface area is 179 Å². The van der Waals surface area contributed by atoms with E-state index in [1.54, 1.807) is 0 Å². The molecule has 146 valence electrons. The van der Waals surface area contributed by atoms with Crippen molar-refractivity contribution in [1.29, 1.82) is 0 Å². The second-order valence-electron chi connectivity index (χ2n) is 8.96. The van der Waals surface area contributed by atoms with Gasteiger partial charge in [0.1, 0.15) is 0 Å². The average molecular weight is 407 g/mol. The number of fused-ring (bicyclic) bond motifs is 7. The Morgan fingerprint density at radius 1 is 0.800 bits per heavy atom. The molecule has 0 N–H and O–H groups in total. The van der Waals surface area contributed by atoms with Gasteiger partial charge in [-0.3, -0.25) is 4.40 Å². The molecule has 0 atom stereocenters. The van der Waals surface area contributed by atoms with Crippen molar-refractivity contribution in [2.45, 2.75) is 26.2 Å². The van der Waals surface area contributed by atoms with Crippen LogP contribution in [0.3, 0.4) is 0 Å². The Balaban J connectivity index is 1.76. The fourth-order valence-corrected chi connectivity index (χ4v) is 5.51. The maximum absolute atomic E-state index is 5.05. The van der Waals surface area contributed by atoms with E-state index in [0.717, 1.165) is 16.7 Å². The zero-order valence-electron chi connectivity index (χ0n) is 17.3. The van der Waals surface area contributed by atoms with Crippen molar-refractivity contribution in [2.75, 3.05) is 0 Å². The van der Waals surface area contributed by atoms with Crippen molar-refractivity contribution in [2.24, 2.45) is 0 Å². The summed E-state index contributed by atoms with van der Waals surface area (Å²) in [6.07, 6.45) is 0. The summed E-state index contributed by atoms with van der Waals surface area (Å²) >= 11 is 1.83. The van der Waals surface area contributed by atoms with E-state index < -0.39 is 0 Å². The quantitative estimate of drug-likeness (QED) is 0.272. The number of para-hydroxylation sites is 2. The Morgan fingerprint density at radius 2 is 1.53 bits per heavy atom. The maximum Gasteiger partial charge on any atom is 0.156 e. The van der Waals surface area contributed by atoms with E-state index >= 15 is 0 Å². The molecule has 0 spiro atoms. The van der Waals surface area contributed by atoms with Gasteiger partial charge in [0.2, 0.25) is 0 Å². The molecule has 3 aromatic heterocycles. The molecule has 0 amide bonds. The topological polar surface area (TPSA) is 17.3 Å². The summed E-state index contributed by atoms with van der Waals surface area (Å²) in [7, 11) is 0. The third-order valence-electron chi connectivity index (χ3n) is 5.97. The molecule has 3 heterocycles. The number of thiophene rings is 1. The first-order valence-electron chi connectivity index (χ1n) is 10.3. The molecule has 6 aromatic rings. The highest BCUT2D eigenvalue weighted by atomic mass is 32.1. The van der Waals surface area contributed by atoms with Crippen LogP contribution in [-0.4, -0.2) is 9.38 Å². The molecular weight excluding hydrogens is 384 g/mol. The Kier molecular flexibility index (Phi) is 3.63. The van der Waals surface area contributed by atoms with Gasteiger partial charge < -0.3 is 0 Å². The summed E-state index contributed by atoms with van der Waals surface area (Å²) < 4.78 is 4.89. The molecule has 0 aliphatic carbocycles. The first kappa shape index (κ1) is 17.7. The largest absolute Gasteiger partial charge is 0.291 e. The van der Waals surface area contributed by atoms with Gasteiger partial charge in [0.15, 0.2) is 5.65 Å². The van der Waals surface area contributed by atoms with Gasteiger partial charge in [0.05, 0.1) is 21.4 Å². The number of hydrogen-bond acceptors (Lipinski definition) is 2. The van der Waals surface area contributed by atoms with E-state index in [1.807, 2.05) is 11.3 Å². The van der Waals surface area contributed by atoms with Gasteiger partial charge in [-0.2, -0.15) is 0 Å². The lowest BCUT2D eigenvalue weighted by Crippen LogP contribution is -2.10. The van der Waals surface area contributed by atoms with Gasteiger partial charge in [-0.25, -0.2) is 4.98 Å². The lowest BCUT2D eigenvalue weighted by Gasteiger charge is -2.19. The van der Waals surface area contributed by atoms with Crippen LogP contribution in [0.1, 0.15) is 26.3 Å². The number of rotatable bonds is 1. The number of imidazole rings is 1. The minimum absolute atomic E-state index is 0.142. The van der Waals surface area contributed by atoms with E-state index in [-0.39, 0.29) is 5.41 Å². The van der Waals surface area contributed by atoms with Gasteiger partial charge in [0, 0.05) is 15.5 Å². The number of aromatic nitrogens is 2. The molecule has 2 nitrogen and oxygen atoms in total. The second kappa shape index (κ2) is 6.16. The van der Waals surface area contributed by atoms with Gasteiger partial charge in [-0.1, -0.05) is 75.4 Å². The second-order valence-corrected chi connectivity index (χ2v) is 10.0. The zero-order chi connectivity index (χ0) is 20.5. The van der Waals surface area contributed by atoms with E-state index in [4.69, 9.17) is 4.98 Å². The molecule has 0 fully saturated rings. The van der Waals surface area contributed by atoms with Gasteiger partial charge in [0.25, 0.3) is 0 Å². The van der Waals surface area contributed by atoms with Crippen LogP contribution in [0.25, 0.3) is 48.1 Å². The third kappa shape index (κ3) is 2.52. The number of hydrogen-bond donors (Lipinski definition) is 0. The minimum Gasteiger partial charge on any atom is -0.291 e. The van der Waals surface area contributed by atoms with Crippen molar-refractivity contribution in [3.8, 4) is 11.3 Å². The Morgan fingerprint density at radius 3 is 2.33 bits per heavy atom. The summed E-state index contributed by atoms with van der Waals surface area (Å²) in [6, 6.07) is 28.5. The van der Waals surface area contributed by atoms with Crippen LogP contribution in [-0.2, 0) is 5.41 Å². The lowest BCUT2D eigenvalue weighted by atomic mass is 9.86. The third-order valence-corrected chi connectivity index (χ3v) is 7.15. The van der Waals surface area contributed by atoms with Gasteiger partial charge in [-0.05, 0) is 40.8 Å². The maximum atomic E-state index is 5.05. The minimum atomic E-state index is 0.142. The molecule has 6 rings (SSSR count). The smallest absolute Gasteiger partial charge is 0.156 e. The highest BCUT2D eigenvalue weighted by molar-refractivity contribution is 7.26. The van der Waals surface area contributed by atoms with Crippen molar-refractivity contribution in [3.05, 3.63) is 84.4 Å². The average Bonchev–Trinajstić information content (AvgIpc) is 3.31. The molecule has 0 saturated heterocycles. The molecule has 0 radical (unpaired) electrons. The van der Waals surface area contributed by atoms with Crippen LogP contribution in [0.5, 0.6) is 0 Å². The van der Waals surface area contributed by atoms with Crippen molar-refractivity contribution < 1.29 is 0 Å². The fourth-order valence-electron chi connectivity index (χ4n) is 4.35. The summed E-state index contributed by atoms with van der Waals surface area (Å²) in [5, 5.41) is 2.59. The summed E-state index contributed by atoms with van der Waals surface area (Å²) in [6.45, 7) is 6.77. The van der Waals surface area contributed by atoms with Gasteiger partial charge in [-0.15, -0.1) is 11.3 Å². The predicted octanol–water partition coefficient (Wildman–Crippen LogP) is 7.82. The number of benzene rings is 3.